The number of pyridine rings is 2. The highest BCUT2D eigenvalue weighted by atomic mass is 16.3. The first-order valence-electron chi connectivity index (χ1n) is 14.4. The van der Waals surface area contributed by atoms with Gasteiger partial charge in [0.05, 0.1) is 28.1 Å². The van der Waals surface area contributed by atoms with Gasteiger partial charge in [0.1, 0.15) is 11.5 Å². The number of rotatable bonds is 5. The molecule has 0 spiro atoms. The Morgan fingerprint density at radius 2 is 0.886 bits per heavy atom. The lowest BCUT2D eigenvalue weighted by Crippen LogP contribution is -2.31. The minimum absolute atomic E-state index is 0.00120. The Labute approximate surface area is 253 Å². The van der Waals surface area contributed by atoms with Crippen molar-refractivity contribution in [2.75, 3.05) is 0 Å². The number of nitrogens with zero attached hydrogens (tertiary/aromatic N) is 2. The molecule has 0 saturated carbocycles. The summed E-state index contributed by atoms with van der Waals surface area (Å²) in [5.74, 6) is -1.57. The highest BCUT2D eigenvalue weighted by Gasteiger charge is 2.33. The van der Waals surface area contributed by atoms with Crippen molar-refractivity contribution >= 4 is 21.8 Å². The molecule has 7 rings (SSSR count). The van der Waals surface area contributed by atoms with Gasteiger partial charge in [-0.15, -0.1) is 0 Å². The second-order valence-corrected chi connectivity index (χ2v) is 10.9. The fraction of sp³-hybridized carbons (Fsp3) is 0.0526. The van der Waals surface area contributed by atoms with Crippen LogP contribution >= 0.6 is 0 Å². The monoisotopic (exact) mass is 576 g/mol. The Kier molecular flexibility index (Phi) is 6.59. The Morgan fingerprint density at radius 3 is 1.32 bits per heavy atom. The molecule has 2 heterocycles. The van der Waals surface area contributed by atoms with Crippen LogP contribution in [0.4, 0.5) is 0 Å². The van der Waals surface area contributed by atoms with Crippen LogP contribution in [0.2, 0.25) is 0 Å². The maximum Gasteiger partial charge on any atom is 0.263 e. The van der Waals surface area contributed by atoms with Gasteiger partial charge >= 0.3 is 0 Å². The van der Waals surface area contributed by atoms with Crippen molar-refractivity contribution in [1.29, 1.82) is 0 Å². The van der Waals surface area contributed by atoms with E-state index in [0.29, 0.717) is 38.7 Å². The highest BCUT2D eigenvalue weighted by Crippen LogP contribution is 2.42. The van der Waals surface area contributed by atoms with Crippen molar-refractivity contribution in [3.63, 3.8) is 0 Å². The van der Waals surface area contributed by atoms with Crippen LogP contribution in [0.25, 0.3) is 33.2 Å². The van der Waals surface area contributed by atoms with Gasteiger partial charge in [-0.3, -0.25) is 18.7 Å². The molecule has 0 fully saturated rings. The lowest BCUT2D eigenvalue weighted by Gasteiger charge is -2.24. The summed E-state index contributed by atoms with van der Waals surface area (Å²) in [4.78, 5) is 29.4. The molecular weight excluding hydrogens is 548 g/mol. The molecular formula is C38H28N2O4. The number of aromatic hydroxyl groups is 2. The Hall–Kier alpha value is -5.88. The Bertz CT molecular complexity index is 2150. The molecule has 2 aromatic heterocycles. The topological polar surface area (TPSA) is 84.5 Å². The van der Waals surface area contributed by atoms with Crippen LogP contribution < -0.4 is 11.1 Å². The number of aryl methyl sites for hydroxylation is 1. The van der Waals surface area contributed by atoms with Crippen molar-refractivity contribution in [2.24, 2.45) is 0 Å². The number of fused-ring (bicyclic) bond motifs is 2. The molecule has 5 aromatic carbocycles. The van der Waals surface area contributed by atoms with E-state index in [-0.39, 0.29) is 22.6 Å². The highest BCUT2D eigenvalue weighted by molar-refractivity contribution is 5.90. The van der Waals surface area contributed by atoms with Gasteiger partial charge in [0.15, 0.2) is 0 Å². The van der Waals surface area contributed by atoms with Crippen LogP contribution in [-0.2, 0) is 0 Å². The molecule has 0 saturated heterocycles. The zero-order valence-corrected chi connectivity index (χ0v) is 23.9. The Morgan fingerprint density at radius 1 is 0.500 bits per heavy atom. The minimum Gasteiger partial charge on any atom is -0.507 e. The van der Waals surface area contributed by atoms with Crippen molar-refractivity contribution < 1.29 is 10.2 Å². The number of para-hydroxylation sites is 4. The summed E-state index contributed by atoms with van der Waals surface area (Å²) < 4.78 is 3.11. The first kappa shape index (κ1) is 27.0. The van der Waals surface area contributed by atoms with E-state index in [9.17, 15) is 19.8 Å². The van der Waals surface area contributed by atoms with Crippen molar-refractivity contribution in [3.8, 4) is 22.9 Å². The summed E-state index contributed by atoms with van der Waals surface area (Å²) in [5, 5.41) is 24.8. The first-order chi connectivity index (χ1) is 21.5. The fourth-order valence-corrected chi connectivity index (χ4v) is 6.11. The summed E-state index contributed by atoms with van der Waals surface area (Å²) in [5.41, 5.74) is 2.87. The molecule has 2 N–H and O–H groups in total. The fourth-order valence-electron chi connectivity index (χ4n) is 6.11. The molecule has 0 radical (unpaired) electrons. The van der Waals surface area contributed by atoms with Gasteiger partial charge in [-0.25, -0.2) is 0 Å². The number of aromatic nitrogens is 2. The molecule has 0 unspecified atom stereocenters. The van der Waals surface area contributed by atoms with E-state index in [1.165, 1.54) is 0 Å². The van der Waals surface area contributed by atoms with Gasteiger partial charge in [0.25, 0.3) is 11.1 Å². The van der Waals surface area contributed by atoms with Crippen LogP contribution in [0, 0.1) is 6.92 Å². The van der Waals surface area contributed by atoms with Crippen LogP contribution in [-0.4, -0.2) is 19.3 Å². The zero-order chi connectivity index (χ0) is 30.4. The van der Waals surface area contributed by atoms with Crippen molar-refractivity contribution in [3.05, 3.63) is 176 Å². The molecule has 0 aliphatic heterocycles. The van der Waals surface area contributed by atoms with Gasteiger partial charge in [-0.2, -0.15) is 0 Å². The number of hydrogen-bond donors (Lipinski definition) is 2. The SMILES string of the molecule is Cc1ccc(C(c2c(O)c3ccccc3n(-c3ccccc3)c2=O)c2c(O)c3ccccc3n(-c3ccccc3)c2=O)cc1. The summed E-state index contributed by atoms with van der Waals surface area (Å²) in [7, 11) is 0. The lowest BCUT2D eigenvalue weighted by atomic mass is 9.83. The molecule has 6 heteroatoms. The third-order valence-electron chi connectivity index (χ3n) is 8.19. The third kappa shape index (κ3) is 4.27. The van der Waals surface area contributed by atoms with E-state index in [1.54, 1.807) is 45.5 Å². The standard InChI is InChI=1S/C38H28N2O4/c1-24-20-22-25(23-21-24)32(33-35(41)28-16-8-10-18-30(28)39(37(33)43)26-12-4-2-5-13-26)34-36(42)29-17-9-11-19-31(29)40(38(34)44)27-14-6-3-7-15-27/h2-23,32,41-42H,1H3. The summed E-state index contributed by atoms with van der Waals surface area (Å²) in [6.45, 7) is 1.95. The molecule has 0 amide bonds. The Balaban J connectivity index is 1.67. The zero-order valence-electron chi connectivity index (χ0n) is 23.9. The van der Waals surface area contributed by atoms with E-state index in [1.807, 2.05) is 104 Å². The quantitative estimate of drug-likeness (QED) is 0.227. The normalized spacial score (nSPS) is 11.4. The van der Waals surface area contributed by atoms with Crippen molar-refractivity contribution in [2.45, 2.75) is 12.8 Å². The van der Waals surface area contributed by atoms with Gasteiger partial charge < -0.3 is 10.2 Å². The van der Waals surface area contributed by atoms with Crippen LogP contribution in [0.15, 0.2) is 143 Å². The first-order valence-corrected chi connectivity index (χ1v) is 14.4. The average molecular weight is 577 g/mol. The molecule has 0 bridgehead atoms. The molecule has 44 heavy (non-hydrogen) atoms. The van der Waals surface area contributed by atoms with Gasteiger partial charge in [0, 0.05) is 22.1 Å². The van der Waals surface area contributed by atoms with E-state index < -0.39 is 17.0 Å². The average Bonchev–Trinajstić information content (AvgIpc) is 3.06. The van der Waals surface area contributed by atoms with Gasteiger partial charge in [-0.05, 0) is 61.0 Å². The molecule has 0 atom stereocenters. The lowest BCUT2D eigenvalue weighted by molar-refractivity contribution is 0.461. The predicted molar refractivity (Wildman–Crippen MR) is 175 cm³/mol. The summed E-state index contributed by atoms with van der Waals surface area (Å²) in [6, 6.07) is 40.1. The van der Waals surface area contributed by atoms with Crippen LogP contribution in [0.5, 0.6) is 11.5 Å². The van der Waals surface area contributed by atoms with Crippen LogP contribution in [0.1, 0.15) is 28.2 Å². The minimum atomic E-state index is -1.10. The van der Waals surface area contributed by atoms with Gasteiger partial charge in [0.2, 0.25) is 0 Å². The van der Waals surface area contributed by atoms with E-state index in [4.69, 9.17) is 0 Å². The summed E-state index contributed by atoms with van der Waals surface area (Å²) >= 11 is 0. The maximum absolute atomic E-state index is 14.7. The number of benzene rings is 5. The smallest absolute Gasteiger partial charge is 0.263 e. The summed E-state index contributed by atoms with van der Waals surface area (Å²) in [6.07, 6.45) is 0. The third-order valence-corrected chi connectivity index (χ3v) is 8.19. The molecule has 214 valence electrons. The van der Waals surface area contributed by atoms with E-state index in [0.717, 1.165) is 5.56 Å². The number of hydrogen-bond acceptors (Lipinski definition) is 4. The van der Waals surface area contributed by atoms with E-state index in [2.05, 4.69) is 0 Å². The molecule has 7 aromatic rings. The molecule has 0 aliphatic rings. The second kappa shape index (κ2) is 10.7. The van der Waals surface area contributed by atoms with Gasteiger partial charge in [-0.1, -0.05) is 90.5 Å². The van der Waals surface area contributed by atoms with Crippen molar-refractivity contribution in [1.82, 2.24) is 9.13 Å². The predicted octanol–water partition coefficient (Wildman–Crippen LogP) is 7.19. The maximum atomic E-state index is 14.7. The molecule has 0 aliphatic carbocycles. The second-order valence-electron chi connectivity index (χ2n) is 10.9. The van der Waals surface area contributed by atoms with Crippen LogP contribution in [0.3, 0.4) is 0 Å². The van der Waals surface area contributed by atoms with E-state index >= 15 is 0 Å². The molecule has 6 nitrogen and oxygen atoms in total. The largest absolute Gasteiger partial charge is 0.507 e.